The van der Waals surface area contributed by atoms with Crippen LogP contribution in [0.5, 0.6) is 0 Å². The van der Waals surface area contributed by atoms with Gasteiger partial charge < -0.3 is 0 Å². The molecule has 0 saturated heterocycles. The molecule has 2 aromatic carbocycles. The maximum absolute atomic E-state index is 12.1. The van der Waals surface area contributed by atoms with E-state index in [0.29, 0.717) is 11.1 Å². The lowest BCUT2D eigenvalue weighted by atomic mass is 10.1. The molecule has 0 atom stereocenters. The van der Waals surface area contributed by atoms with E-state index >= 15 is 0 Å². The monoisotopic (exact) mass is 321 g/mol. The highest BCUT2D eigenvalue weighted by Gasteiger charge is 2.17. The molecule has 0 aliphatic rings. The van der Waals surface area contributed by atoms with Crippen LogP contribution in [0.4, 0.5) is 5.69 Å². The first-order valence-corrected chi connectivity index (χ1v) is 7.99. The van der Waals surface area contributed by atoms with Crippen molar-refractivity contribution in [2.45, 2.75) is 18.2 Å². The smallest absolute Gasteiger partial charge is 0.266 e. The predicted octanol–water partition coefficient (Wildman–Crippen LogP) is 2.85. The Morgan fingerprint density at radius 3 is 2.55 bits per heavy atom. The number of non-ortho nitro benzene ring substituents is 1. The van der Waals surface area contributed by atoms with E-state index < -0.39 is 15.0 Å². The van der Waals surface area contributed by atoms with Crippen LogP contribution in [0.3, 0.4) is 0 Å². The molecule has 2 rings (SSSR count). The number of aryl methyl sites for hydroxylation is 1. The molecule has 2 aromatic rings. The number of nitro groups is 1. The van der Waals surface area contributed by atoms with Gasteiger partial charge >= 0.3 is 0 Å². The van der Waals surface area contributed by atoms with Crippen LogP contribution in [0.25, 0.3) is 0 Å². The van der Waals surface area contributed by atoms with Crippen molar-refractivity contribution < 1.29 is 17.5 Å². The summed E-state index contributed by atoms with van der Waals surface area (Å²) >= 11 is 0. The second kappa shape index (κ2) is 6.67. The van der Waals surface area contributed by atoms with E-state index in [1.165, 1.54) is 18.2 Å². The van der Waals surface area contributed by atoms with Crippen LogP contribution < -0.4 is 0 Å². The maximum Gasteiger partial charge on any atom is 0.297 e. The van der Waals surface area contributed by atoms with Crippen molar-refractivity contribution >= 4 is 15.8 Å². The summed E-state index contributed by atoms with van der Waals surface area (Å²) in [7, 11) is -3.82. The molecule has 0 fully saturated rings. The van der Waals surface area contributed by atoms with Gasteiger partial charge in [0.2, 0.25) is 0 Å². The molecule has 0 bridgehead atoms. The number of rotatable bonds is 6. The molecule has 0 aliphatic carbocycles. The molecule has 0 spiro atoms. The Morgan fingerprint density at radius 2 is 1.86 bits per heavy atom. The first kappa shape index (κ1) is 16.1. The fourth-order valence-electron chi connectivity index (χ4n) is 2.00. The Morgan fingerprint density at radius 1 is 1.14 bits per heavy atom. The molecule has 0 aliphatic heterocycles. The standard InChI is InChI=1S/C15H15NO5S/c1-12-5-2-3-8-15(12)22(19,20)21-10-9-13-6-4-7-14(11-13)16(17)18/h2-8,11H,9-10H2,1H3. The molecule has 116 valence electrons. The molecule has 0 heterocycles. The second-order valence-electron chi connectivity index (χ2n) is 4.72. The predicted molar refractivity (Wildman–Crippen MR) is 81.1 cm³/mol. The average molecular weight is 321 g/mol. The summed E-state index contributed by atoms with van der Waals surface area (Å²) in [4.78, 5) is 10.3. The third-order valence-corrected chi connectivity index (χ3v) is 4.59. The van der Waals surface area contributed by atoms with Crippen molar-refractivity contribution in [2.24, 2.45) is 0 Å². The van der Waals surface area contributed by atoms with Gasteiger partial charge in [-0.25, -0.2) is 0 Å². The molecule has 0 radical (unpaired) electrons. The number of nitrogens with zero attached hydrogens (tertiary/aromatic N) is 1. The highest BCUT2D eigenvalue weighted by Crippen LogP contribution is 2.18. The average Bonchev–Trinajstić information content (AvgIpc) is 2.47. The summed E-state index contributed by atoms with van der Waals surface area (Å²) in [6.45, 7) is 1.62. The Hall–Kier alpha value is -2.25. The SMILES string of the molecule is Cc1ccccc1S(=O)(=O)OCCc1cccc([N+](=O)[O-])c1. The van der Waals surface area contributed by atoms with Gasteiger partial charge in [0.05, 0.1) is 16.4 Å². The summed E-state index contributed by atoms with van der Waals surface area (Å²) in [6.07, 6.45) is 0.271. The quantitative estimate of drug-likeness (QED) is 0.464. The van der Waals surface area contributed by atoms with Gasteiger partial charge in [-0.1, -0.05) is 30.3 Å². The zero-order valence-corrected chi connectivity index (χ0v) is 12.7. The molecule has 22 heavy (non-hydrogen) atoms. The van der Waals surface area contributed by atoms with Crippen molar-refractivity contribution in [3.63, 3.8) is 0 Å². The van der Waals surface area contributed by atoms with E-state index in [4.69, 9.17) is 4.18 Å². The summed E-state index contributed by atoms with van der Waals surface area (Å²) in [5.74, 6) is 0. The fourth-order valence-corrected chi connectivity index (χ4v) is 3.13. The number of hydrogen-bond donors (Lipinski definition) is 0. The summed E-state index contributed by atoms with van der Waals surface area (Å²) in [5.41, 5.74) is 1.23. The van der Waals surface area contributed by atoms with Gasteiger partial charge in [-0.2, -0.15) is 8.42 Å². The Balaban J connectivity index is 2.03. The van der Waals surface area contributed by atoms with Gasteiger partial charge in [-0.05, 0) is 30.5 Å². The summed E-state index contributed by atoms with van der Waals surface area (Å²) in [5, 5.41) is 10.7. The Kier molecular flexibility index (Phi) is 4.89. The van der Waals surface area contributed by atoms with Gasteiger partial charge in [0, 0.05) is 12.1 Å². The van der Waals surface area contributed by atoms with E-state index in [1.54, 1.807) is 37.3 Å². The van der Waals surface area contributed by atoms with Crippen LogP contribution in [0, 0.1) is 17.0 Å². The van der Waals surface area contributed by atoms with Crippen molar-refractivity contribution in [3.05, 3.63) is 69.8 Å². The zero-order chi connectivity index (χ0) is 16.2. The molecular formula is C15H15NO5S. The minimum Gasteiger partial charge on any atom is -0.266 e. The molecule has 6 nitrogen and oxygen atoms in total. The van der Waals surface area contributed by atoms with Crippen molar-refractivity contribution in [1.29, 1.82) is 0 Å². The molecule has 0 saturated carbocycles. The zero-order valence-electron chi connectivity index (χ0n) is 11.9. The lowest BCUT2D eigenvalue weighted by Crippen LogP contribution is -2.10. The summed E-state index contributed by atoms with van der Waals surface area (Å²) < 4.78 is 29.2. The molecule has 0 unspecified atom stereocenters. The number of hydrogen-bond acceptors (Lipinski definition) is 5. The van der Waals surface area contributed by atoms with Crippen molar-refractivity contribution in [2.75, 3.05) is 6.61 Å². The highest BCUT2D eigenvalue weighted by molar-refractivity contribution is 7.86. The van der Waals surface area contributed by atoms with Crippen LogP contribution in [0.15, 0.2) is 53.4 Å². The molecule has 0 amide bonds. The first-order valence-electron chi connectivity index (χ1n) is 6.58. The van der Waals surface area contributed by atoms with E-state index in [9.17, 15) is 18.5 Å². The maximum atomic E-state index is 12.1. The van der Waals surface area contributed by atoms with Gasteiger partial charge in [-0.15, -0.1) is 0 Å². The van der Waals surface area contributed by atoms with Crippen molar-refractivity contribution in [3.8, 4) is 0 Å². The Bertz CT molecular complexity index is 786. The lowest BCUT2D eigenvalue weighted by molar-refractivity contribution is -0.384. The van der Waals surface area contributed by atoms with Crippen LogP contribution in [0.1, 0.15) is 11.1 Å². The third-order valence-electron chi connectivity index (χ3n) is 3.11. The highest BCUT2D eigenvalue weighted by atomic mass is 32.2. The van der Waals surface area contributed by atoms with Crippen LogP contribution >= 0.6 is 0 Å². The van der Waals surface area contributed by atoms with E-state index in [2.05, 4.69) is 0 Å². The van der Waals surface area contributed by atoms with E-state index in [0.717, 1.165) is 0 Å². The Labute approximate surface area is 128 Å². The number of benzene rings is 2. The molecule has 7 heteroatoms. The van der Waals surface area contributed by atoms with Gasteiger partial charge in [0.15, 0.2) is 0 Å². The molecule has 0 N–H and O–H groups in total. The van der Waals surface area contributed by atoms with Crippen LogP contribution in [-0.2, 0) is 20.7 Å². The topological polar surface area (TPSA) is 86.5 Å². The lowest BCUT2D eigenvalue weighted by Gasteiger charge is -2.08. The van der Waals surface area contributed by atoms with E-state index in [1.807, 2.05) is 0 Å². The van der Waals surface area contributed by atoms with Crippen LogP contribution in [0.2, 0.25) is 0 Å². The first-order chi connectivity index (χ1) is 10.4. The van der Waals surface area contributed by atoms with Gasteiger partial charge in [0.1, 0.15) is 0 Å². The molecular weight excluding hydrogens is 306 g/mol. The normalized spacial score (nSPS) is 11.3. The van der Waals surface area contributed by atoms with Gasteiger partial charge in [0.25, 0.3) is 15.8 Å². The minimum atomic E-state index is -3.82. The second-order valence-corrected chi connectivity index (χ2v) is 6.30. The minimum absolute atomic E-state index is 0.0285. The third kappa shape index (κ3) is 3.90. The van der Waals surface area contributed by atoms with Gasteiger partial charge in [-0.3, -0.25) is 14.3 Å². The van der Waals surface area contributed by atoms with Crippen LogP contribution in [-0.4, -0.2) is 19.9 Å². The summed E-state index contributed by atoms with van der Waals surface area (Å²) in [6, 6.07) is 12.6. The van der Waals surface area contributed by atoms with E-state index in [-0.39, 0.29) is 23.6 Å². The van der Waals surface area contributed by atoms with Crippen molar-refractivity contribution in [1.82, 2.24) is 0 Å². The fraction of sp³-hybridized carbons (Fsp3) is 0.200. The molecule has 0 aromatic heterocycles. The largest absolute Gasteiger partial charge is 0.297 e. The number of nitro benzene ring substituents is 1.